The second-order valence-corrected chi connectivity index (χ2v) is 7.97. The molecule has 1 heterocycles. The minimum atomic E-state index is -1.35. The maximum absolute atomic E-state index is 13.8. The Hall–Kier alpha value is -3.32. The summed E-state index contributed by atoms with van der Waals surface area (Å²) in [6.45, 7) is 0.153. The van der Waals surface area contributed by atoms with Gasteiger partial charge in [-0.05, 0) is 47.0 Å². The summed E-state index contributed by atoms with van der Waals surface area (Å²) in [4.78, 5) is 28.1. The summed E-state index contributed by atoms with van der Waals surface area (Å²) in [7, 11) is 3.16. The molecule has 158 valence electrons. The van der Waals surface area contributed by atoms with E-state index in [1.807, 2.05) is 24.3 Å². The zero-order valence-corrected chi connectivity index (χ0v) is 18.7. The highest BCUT2D eigenvalue weighted by Gasteiger charge is 2.53. The first kappa shape index (κ1) is 20.9. The summed E-state index contributed by atoms with van der Waals surface area (Å²) in [5, 5.41) is 2.96. The molecule has 1 saturated heterocycles. The molecule has 1 aliphatic heterocycles. The first-order valence-corrected chi connectivity index (χ1v) is 10.5. The molecule has 0 radical (unpaired) electrons. The highest BCUT2D eigenvalue weighted by Crippen LogP contribution is 2.38. The van der Waals surface area contributed by atoms with E-state index >= 15 is 0 Å². The third kappa shape index (κ3) is 3.65. The van der Waals surface area contributed by atoms with Crippen LogP contribution in [0, 0.1) is 0 Å². The Morgan fingerprint density at radius 3 is 1.84 bits per heavy atom. The molecule has 0 aliphatic carbocycles. The van der Waals surface area contributed by atoms with Gasteiger partial charge in [-0.1, -0.05) is 58.4 Å². The third-order valence-corrected chi connectivity index (χ3v) is 6.21. The van der Waals surface area contributed by atoms with Gasteiger partial charge in [-0.3, -0.25) is 9.69 Å². The second-order valence-electron chi connectivity index (χ2n) is 7.12. The van der Waals surface area contributed by atoms with Crippen LogP contribution in [0.15, 0.2) is 77.3 Å². The number of carbonyl (C=O) groups is 2. The van der Waals surface area contributed by atoms with Crippen LogP contribution >= 0.6 is 15.9 Å². The van der Waals surface area contributed by atoms with Gasteiger partial charge in [-0.25, -0.2) is 4.79 Å². The SMILES string of the molecule is COc1ccc(C2(c3ccc(OC)cc3)NC(=O)N(Cc3ccccc3Br)C2=O)cc1. The minimum absolute atomic E-state index is 0.153. The van der Waals surface area contributed by atoms with Crippen LogP contribution in [0.4, 0.5) is 4.79 Å². The van der Waals surface area contributed by atoms with Crippen molar-refractivity contribution in [1.29, 1.82) is 0 Å². The number of imide groups is 1. The van der Waals surface area contributed by atoms with Crippen molar-refractivity contribution in [3.8, 4) is 11.5 Å². The number of benzene rings is 3. The van der Waals surface area contributed by atoms with E-state index < -0.39 is 11.6 Å². The van der Waals surface area contributed by atoms with E-state index in [0.717, 1.165) is 10.0 Å². The fourth-order valence-corrected chi connectivity index (χ4v) is 4.17. The van der Waals surface area contributed by atoms with Gasteiger partial charge in [-0.15, -0.1) is 0 Å². The van der Waals surface area contributed by atoms with Gasteiger partial charge in [0, 0.05) is 4.47 Å². The topological polar surface area (TPSA) is 67.9 Å². The lowest BCUT2D eigenvalue weighted by Gasteiger charge is -2.28. The number of ether oxygens (including phenoxy) is 2. The van der Waals surface area contributed by atoms with Crippen molar-refractivity contribution >= 4 is 27.9 Å². The highest BCUT2D eigenvalue weighted by molar-refractivity contribution is 9.10. The average Bonchev–Trinajstić information content (AvgIpc) is 3.06. The summed E-state index contributed by atoms with van der Waals surface area (Å²) in [6, 6.07) is 21.3. The monoisotopic (exact) mass is 480 g/mol. The van der Waals surface area contributed by atoms with Gasteiger partial charge in [0.1, 0.15) is 11.5 Å². The summed E-state index contributed by atoms with van der Waals surface area (Å²) < 4.78 is 11.4. The predicted octanol–water partition coefficient (Wildman–Crippen LogP) is 4.46. The summed E-state index contributed by atoms with van der Waals surface area (Å²) >= 11 is 3.50. The lowest BCUT2D eigenvalue weighted by atomic mass is 9.82. The van der Waals surface area contributed by atoms with Crippen molar-refractivity contribution in [2.45, 2.75) is 12.1 Å². The minimum Gasteiger partial charge on any atom is -0.497 e. The van der Waals surface area contributed by atoms with Gasteiger partial charge in [-0.2, -0.15) is 0 Å². The van der Waals surface area contributed by atoms with Crippen molar-refractivity contribution in [3.05, 3.63) is 94.0 Å². The Bertz CT molecular complexity index is 1070. The van der Waals surface area contributed by atoms with Crippen molar-refractivity contribution in [2.75, 3.05) is 14.2 Å². The molecule has 31 heavy (non-hydrogen) atoms. The molecule has 3 amide bonds. The Kier molecular flexibility index (Phi) is 5.69. The van der Waals surface area contributed by atoms with Gasteiger partial charge in [0.2, 0.25) is 0 Å². The number of nitrogens with one attached hydrogen (secondary N) is 1. The summed E-state index contributed by atoms with van der Waals surface area (Å²) in [5.41, 5.74) is 0.779. The zero-order chi connectivity index (χ0) is 22.0. The number of rotatable bonds is 6. The number of methoxy groups -OCH3 is 2. The Labute approximate surface area is 188 Å². The number of hydrogen-bond donors (Lipinski definition) is 1. The van der Waals surface area contributed by atoms with E-state index in [1.165, 1.54) is 4.90 Å². The molecule has 7 heteroatoms. The molecular formula is C24H21BrN2O4. The quantitative estimate of drug-likeness (QED) is 0.528. The van der Waals surface area contributed by atoms with Crippen LogP contribution in [0.25, 0.3) is 0 Å². The lowest BCUT2D eigenvalue weighted by molar-refractivity contribution is -0.130. The average molecular weight is 481 g/mol. The molecule has 1 N–H and O–H groups in total. The Balaban J connectivity index is 1.81. The normalized spacial score (nSPS) is 15.0. The number of carbonyl (C=O) groups excluding carboxylic acids is 2. The first-order valence-electron chi connectivity index (χ1n) is 9.66. The largest absolute Gasteiger partial charge is 0.497 e. The fraction of sp³-hybridized carbons (Fsp3) is 0.167. The maximum atomic E-state index is 13.8. The van der Waals surface area contributed by atoms with Gasteiger partial charge in [0.05, 0.1) is 20.8 Å². The van der Waals surface area contributed by atoms with Crippen LogP contribution < -0.4 is 14.8 Å². The number of nitrogens with zero attached hydrogens (tertiary/aromatic N) is 1. The van der Waals surface area contributed by atoms with Gasteiger partial charge >= 0.3 is 6.03 Å². The lowest BCUT2D eigenvalue weighted by Crippen LogP contribution is -2.45. The van der Waals surface area contributed by atoms with Crippen LogP contribution in [-0.2, 0) is 16.9 Å². The van der Waals surface area contributed by atoms with Gasteiger partial charge in [0.15, 0.2) is 5.54 Å². The van der Waals surface area contributed by atoms with Crippen LogP contribution in [0.1, 0.15) is 16.7 Å². The Morgan fingerprint density at radius 1 is 0.839 bits per heavy atom. The molecule has 1 fully saturated rings. The summed E-state index contributed by atoms with van der Waals surface area (Å²) in [5.74, 6) is 0.981. The van der Waals surface area contributed by atoms with E-state index in [-0.39, 0.29) is 12.5 Å². The van der Waals surface area contributed by atoms with Crippen molar-refractivity contribution in [3.63, 3.8) is 0 Å². The standard InChI is InChI=1S/C24H21BrN2O4/c1-30-19-11-7-17(8-12-19)24(18-9-13-20(31-2)14-10-18)22(28)27(23(29)26-24)15-16-5-3-4-6-21(16)25/h3-14H,15H2,1-2H3,(H,26,29). The number of halogens is 1. The molecule has 0 bridgehead atoms. The Morgan fingerprint density at radius 2 is 1.35 bits per heavy atom. The van der Waals surface area contributed by atoms with Gasteiger partial charge < -0.3 is 14.8 Å². The number of urea groups is 1. The molecule has 0 spiro atoms. The smallest absolute Gasteiger partial charge is 0.325 e. The highest BCUT2D eigenvalue weighted by atomic mass is 79.9. The van der Waals surface area contributed by atoms with Crippen molar-refractivity contribution < 1.29 is 19.1 Å². The predicted molar refractivity (Wildman–Crippen MR) is 120 cm³/mol. The van der Waals surface area contributed by atoms with Crippen LogP contribution in [0.3, 0.4) is 0 Å². The van der Waals surface area contributed by atoms with Crippen LogP contribution in [0.2, 0.25) is 0 Å². The van der Waals surface area contributed by atoms with Crippen molar-refractivity contribution in [1.82, 2.24) is 10.2 Å². The molecule has 0 saturated carbocycles. The molecule has 6 nitrogen and oxygen atoms in total. The molecular weight excluding hydrogens is 460 g/mol. The van der Waals surface area contributed by atoms with Crippen molar-refractivity contribution in [2.24, 2.45) is 0 Å². The zero-order valence-electron chi connectivity index (χ0n) is 17.1. The van der Waals surface area contributed by atoms with E-state index in [1.54, 1.807) is 62.8 Å². The molecule has 1 aliphatic rings. The van der Waals surface area contributed by atoms with E-state index in [9.17, 15) is 9.59 Å². The maximum Gasteiger partial charge on any atom is 0.325 e. The number of hydrogen-bond acceptors (Lipinski definition) is 4. The van der Waals surface area contributed by atoms with E-state index in [0.29, 0.717) is 22.6 Å². The van der Waals surface area contributed by atoms with Crippen LogP contribution in [0.5, 0.6) is 11.5 Å². The summed E-state index contributed by atoms with van der Waals surface area (Å²) in [6.07, 6.45) is 0. The fourth-order valence-electron chi connectivity index (χ4n) is 3.76. The van der Waals surface area contributed by atoms with Gasteiger partial charge in [0.25, 0.3) is 5.91 Å². The second kappa shape index (κ2) is 8.43. The molecule has 0 unspecified atom stereocenters. The first-order chi connectivity index (χ1) is 15.0. The third-order valence-electron chi connectivity index (χ3n) is 5.44. The molecule has 3 aromatic carbocycles. The number of amides is 3. The van der Waals surface area contributed by atoms with E-state index in [4.69, 9.17) is 9.47 Å². The molecule has 0 atom stereocenters. The molecule has 0 aromatic heterocycles. The van der Waals surface area contributed by atoms with Crippen LogP contribution in [-0.4, -0.2) is 31.1 Å². The van der Waals surface area contributed by atoms with E-state index in [2.05, 4.69) is 21.2 Å². The molecule has 4 rings (SSSR count). The molecule has 3 aromatic rings.